The Bertz CT molecular complexity index is 842. The van der Waals surface area contributed by atoms with Gasteiger partial charge in [-0.25, -0.2) is 0 Å². The summed E-state index contributed by atoms with van der Waals surface area (Å²) in [5.41, 5.74) is 0. The summed E-state index contributed by atoms with van der Waals surface area (Å²) in [5.74, 6) is -2.00. The molecule has 0 fully saturated rings. The van der Waals surface area contributed by atoms with Gasteiger partial charge in [0.25, 0.3) is 0 Å². The topological polar surface area (TPSA) is 126 Å². The SMILES string of the molecule is CCCCCCC(C)C(=O)OCC(COC(=O)C(C)CCCCCC)OC(=O)CCCC(CCCC(C)=O)OC(=O)CCCN(C)C. The zero-order chi connectivity index (χ0) is 35.5. The quantitative estimate of drug-likeness (QED) is 0.0434. The van der Waals surface area contributed by atoms with Crippen LogP contribution in [0.15, 0.2) is 0 Å². The number of carbonyl (C=O) groups excluding carboxylic acids is 5. The highest BCUT2D eigenvalue weighted by molar-refractivity contribution is 5.75. The summed E-state index contributed by atoms with van der Waals surface area (Å²) in [6, 6.07) is 0. The maximum atomic E-state index is 12.9. The fourth-order valence-corrected chi connectivity index (χ4v) is 5.09. The molecule has 0 radical (unpaired) electrons. The highest BCUT2D eigenvalue weighted by Gasteiger charge is 2.24. The lowest BCUT2D eigenvalue weighted by atomic mass is 10.0. The van der Waals surface area contributed by atoms with Crippen LogP contribution in [0.25, 0.3) is 0 Å². The summed E-state index contributed by atoms with van der Waals surface area (Å²) in [6.45, 7) is 9.86. The Hall–Kier alpha value is -2.49. The summed E-state index contributed by atoms with van der Waals surface area (Å²) in [5, 5.41) is 0. The molecule has 0 aromatic heterocycles. The fourth-order valence-electron chi connectivity index (χ4n) is 5.09. The average molecular weight is 670 g/mol. The Morgan fingerprint density at radius 2 is 1.00 bits per heavy atom. The molecule has 0 aliphatic carbocycles. The highest BCUT2D eigenvalue weighted by atomic mass is 16.6. The number of rotatable bonds is 30. The molecule has 47 heavy (non-hydrogen) atoms. The van der Waals surface area contributed by atoms with Crippen LogP contribution >= 0.6 is 0 Å². The molecule has 0 amide bonds. The number of hydrogen-bond acceptors (Lipinski definition) is 10. The Labute approximate surface area is 285 Å². The van der Waals surface area contributed by atoms with Gasteiger partial charge < -0.3 is 28.6 Å². The van der Waals surface area contributed by atoms with Crippen molar-refractivity contribution in [3.8, 4) is 0 Å². The standard InChI is InChI=1S/C37H67NO9/c1-8-10-12-14-19-29(3)36(42)44-27-33(28-45-37(43)30(4)20-15-13-11-9-2)47-34(40)24-17-23-32(22-16-21-31(5)39)46-35(41)25-18-26-38(6)7/h29-30,32-33H,8-28H2,1-7H3. The first kappa shape index (κ1) is 44.5. The molecule has 3 atom stereocenters. The zero-order valence-corrected chi connectivity index (χ0v) is 30.8. The minimum Gasteiger partial charge on any atom is -0.462 e. The Kier molecular flexibility index (Phi) is 27.0. The Morgan fingerprint density at radius 1 is 0.553 bits per heavy atom. The van der Waals surface area contributed by atoms with Crippen LogP contribution in [0.2, 0.25) is 0 Å². The first-order valence-electron chi connectivity index (χ1n) is 18.3. The number of esters is 4. The van der Waals surface area contributed by atoms with Gasteiger partial charge >= 0.3 is 23.9 Å². The monoisotopic (exact) mass is 669 g/mol. The molecule has 10 nitrogen and oxygen atoms in total. The molecule has 0 aliphatic rings. The first-order chi connectivity index (χ1) is 22.4. The van der Waals surface area contributed by atoms with Crippen LogP contribution in [0.4, 0.5) is 0 Å². The zero-order valence-electron chi connectivity index (χ0n) is 30.8. The first-order valence-corrected chi connectivity index (χ1v) is 18.3. The van der Waals surface area contributed by atoms with E-state index in [1.165, 1.54) is 6.92 Å². The van der Waals surface area contributed by atoms with Crippen molar-refractivity contribution in [3.05, 3.63) is 0 Å². The van der Waals surface area contributed by atoms with Crippen molar-refractivity contribution < 1.29 is 42.9 Å². The van der Waals surface area contributed by atoms with Crippen LogP contribution < -0.4 is 0 Å². The molecule has 0 aromatic rings. The molecule has 0 N–H and O–H groups in total. The predicted octanol–water partition coefficient (Wildman–Crippen LogP) is 7.38. The molecule has 0 aromatic carbocycles. The number of nitrogens with zero attached hydrogens (tertiary/aromatic N) is 1. The van der Waals surface area contributed by atoms with Gasteiger partial charge in [-0.1, -0.05) is 79.1 Å². The number of Topliss-reactive ketones (excluding diaryl/α,β-unsaturated/α-hetero) is 1. The summed E-state index contributed by atoms with van der Waals surface area (Å²) in [6.07, 6.45) is 12.1. The minimum absolute atomic E-state index is 0.0570. The van der Waals surface area contributed by atoms with E-state index in [4.69, 9.17) is 18.9 Å². The van der Waals surface area contributed by atoms with Crippen molar-refractivity contribution in [2.75, 3.05) is 33.9 Å². The molecule has 274 valence electrons. The van der Waals surface area contributed by atoms with E-state index in [9.17, 15) is 24.0 Å². The van der Waals surface area contributed by atoms with Crippen LogP contribution in [0.3, 0.4) is 0 Å². The third-order valence-electron chi connectivity index (χ3n) is 8.15. The minimum atomic E-state index is -0.920. The van der Waals surface area contributed by atoms with Gasteiger partial charge in [-0.3, -0.25) is 19.2 Å². The number of unbranched alkanes of at least 4 members (excludes halogenated alkanes) is 6. The van der Waals surface area contributed by atoms with Crippen LogP contribution in [-0.2, 0) is 42.9 Å². The van der Waals surface area contributed by atoms with Crippen molar-refractivity contribution in [1.82, 2.24) is 4.90 Å². The Balaban J connectivity index is 5.12. The lowest BCUT2D eigenvalue weighted by Gasteiger charge is -2.21. The lowest BCUT2D eigenvalue weighted by Crippen LogP contribution is -2.32. The van der Waals surface area contributed by atoms with E-state index in [0.717, 1.165) is 70.8 Å². The van der Waals surface area contributed by atoms with Crippen molar-refractivity contribution in [1.29, 1.82) is 0 Å². The third-order valence-corrected chi connectivity index (χ3v) is 8.15. The molecule has 0 heterocycles. The normalized spacial score (nSPS) is 13.8. The van der Waals surface area contributed by atoms with E-state index in [2.05, 4.69) is 13.8 Å². The van der Waals surface area contributed by atoms with Gasteiger partial charge in [-0.2, -0.15) is 0 Å². The molecular weight excluding hydrogens is 602 g/mol. The van der Waals surface area contributed by atoms with Crippen molar-refractivity contribution in [2.24, 2.45) is 11.8 Å². The van der Waals surface area contributed by atoms with Gasteiger partial charge in [0, 0.05) is 19.3 Å². The van der Waals surface area contributed by atoms with E-state index < -0.39 is 18.2 Å². The molecule has 0 saturated heterocycles. The second-order valence-corrected chi connectivity index (χ2v) is 13.4. The van der Waals surface area contributed by atoms with Gasteiger partial charge in [0.05, 0.1) is 11.8 Å². The summed E-state index contributed by atoms with van der Waals surface area (Å²) < 4.78 is 22.4. The number of hydrogen-bond donors (Lipinski definition) is 0. The Morgan fingerprint density at radius 3 is 1.45 bits per heavy atom. The van der Waals surface area contributed by atoms with Crippen LogP contribution in [0, 0.1) is 11.8 Å². The lowest BCUT2D eigenvalue weighted by molar-refractivity contribution is -0.169. The van der Waals surface area contributed by atoms with Gasteiger partial charge in [-0.05, 0) is 72.5 Å². The maximum Gasteiger partial charge on any atom is 0.308 e. The van der Waals surface area contributed by atoms with Gasteiger partial charge in [-0.15, -0.1) is 0 Å². The largest absolute Gasteiger partial charge is 0.462 e. The van der Waals surface area contributed by atoms with Gasteiger partial charge in [0.1, 0.15) is 25.1 Å². The summed E-state index contributed by atoms with van der Waals surface area (Å²) in [7, 11) is 3.89. The molecule has 0 bridgehead atoms. The molecule has 3 unspecified atom stereocenters. The van der Waals surface area contributed by atoms with E-state index >= 15 is 0 Å². The molecule has 0 saturated carbocycles. The van der Waals surface area contributed by atoms with E-state index in [1.807, 2.05) is 32.8 Å². The molecule has 0 rings (SSSR count). The molecule has 0 aliphatic heterocycles. The van der Waals surface area contributed by atoms with Crippen molar-refractivity contribution in [3.63, 3.8) is 0 Å². The van der Waals surface area contributed by atoms with Gasteiger partial charge in [0.15, 0.2) is 6.10 Å². The summed E-state index contributed by atoms with van der Waals surface area (Å²) in [4.78, 5) is 64.0. The van der Waals surface area contributed by atoms with Crippen LogP contribution in [-0.4, -0.2) is 80.6 Å². The molecule has 0 spiro atoms. The maximum absolute atomic E-state index is 12.9. The number of carbonyl (C=O) groups is 5. The van der Waals surface area contributed by atoms with Crippen molar-refractivity contribution in [2.45, 2.75) is 162 Å². The number of ketones is 1. The molecular formula is C37H67NO9. The third kappa shape index (κ3) is 26.2. The second kappa shape index (κ2) is 28.5. The predicted molar refractivity (Wildman–Crippen MR) is 184 cm³/mol. The fraction of sp³-hybridized carbons (Fsp3) is 0.865. The number of ether oxygens (including phenoxy) is 4. The smallest absolute Gasteiger partial charge is 0.308 e. The van der Waals surface area contributed by atoms with E-state index in [1.54, 1.807) is 0 Å². The van der Waals surface area contributed by atoms with Crippen LogP contribution in [0.5, 0.6) is 0 Å². The van der Waals surface area contributed by atoms with E-state index in [-0.39, 0.29) is 55.2 Å². The average Bonchev–Trinajstić information content (AvgIpc) is 3.01. The molecule has 10 heteroatoms. The van der Waals surface area contributed by atoms with Crippen LogP contribution in [0.1, 0.15) is 150 Å². The van der Waals surface area contributed by atoms with Crippen molar-refractivity contribution >= 4 is 29.7 Å². The van der Waals surface area contributed by atoms with Gasteiger partial charge in [0.2, 0.25) is 0 Å². The second-order valence-electron chi connectivity index (χ2n) is 13.4. The summed E-state index contributed by atoms with van der Waals surface area (Å²) >= 11 is 0. The highest BCUT2D eigenvalue weighted by Crippen LogP contribution is 2.17. The van der Waals surface area contributed by atoms with E-state index in [0.29, 0.717) is 44.9 Å².